The number of ether oxygens (including phenoxy) is 1. The third-order valence-electron chi connectivity index (χ3n) is 10.5. The van der Waals surface area contributed by atoms with Crippen LogP contribution in [0.3, 0.4) is 0 Å². The molecule has 0 bridgehead atoms. The predicted molar refractivity (Wildman–Crippen MR) is 254 cm³/mol. The van der Waals surface area contributed by atoms with E-state index in [-0.39, 0.29) is 31.3 Å². The van der Waals surface area contributed by atoms with Crippen LogP contribution in [-0.2, 0) is 14.3 Å². The lowest BCUT2D eigenvalue weighted by molar-refractivity contribution is -0.150. The van der Waals surface area contributed by atoms with Crippen molar-refractivity contribution < 1.29 is 24.5 Å². The molecule has 3 N–H and O–H groups in total. The second-order valence-corrected chi connectivity index (χ2v) is 16.1. The summed E-state index contributed by atoms with van der Waals surface area (Å²) in [6, 6.07) is -0.723. The van der Waals surface area contributed by atoms with Crippen LogP contribution in [0.2, 0.25) is 0 Å². The van der Waals surface area contributed by atoms with Gasteiger partial charge in [-0.3, -0.25) is 9.59 Å². The molecule has 1 amide bonds. The van der Waals surface area contributed by atoms with E-state index in [0.717, 1.165) is 96.3 Å². The normalized spacial score (nSPS) is 14.1. The molecule has 0 saturated heterocycles. The van der Waals surface area contributed by atoms with Gasteiger partial charge in [-0.05, 0) is 83.5 Å². The van der Waals surface area contributed by atoms with Crippen molar-refractivity contribution >= 4 is 11.9 Å². The summed E-state index contributed by atoms with van der Waals surface area (Å²) >= 11 is 0. The van der Waals surface area contributed by atoms with Gasteiger partial charge in [-0.15, -0.1) is 0 Å². The Morgan fingerprint density at radius 1 is 0.508 bits per heavy atom. The Balaban J connectivity index is 4.58. The van der Waals surface area contributed by atoms with Gasteiger partial charge in [0.2, 0.25) is 5.91 Å². The highest BCUT2D eigenvalue weighted by Crippen LogP contribution is 2.16. The molecule has 0 aliphatic carbocycles. The van der Waals surface area contributed by atoms with E-state index >= 15 is 0 Å². The summed E-state index contributed by atoms with van der Waals surface area (Å²) in [7, 11) is 0. The zero-order chi connectivity index (χ0) is 43.1. The minimum Gasteiger partial charge on any atom is -0.462 e. The van der Waals surface area contributed by atoms with Gasteiger partial charge in [-0.25, -0.2) is 0 Å². The first kappa shape index (κ1) is 56.0. The van der Waals surface area contributed by atoms with Gasteiger partial charge in [0.05, 0.1) is 25.2 Å². The van der Waals surface area contributed by atoms with Crippen molar-refractivity contribution in [1.82, 2.24) is 5.32 Å². The average Bonchev–Trinajstić information content (AvgIpc) is 3.23. The van der Waals surface area contributed by atoms with Crippen molar-refractivity contribution in [2.24, 2.45) is 0 Å². The molecule has 0 aromatic heterocycles. The third kappa shape index (κ3) is 41.6. The van der Waals surface area contributed by atoms with E-state index in [1.54, 1.807) is 0 Å². The summed E-state index contributed by atoms with van der Waals surface area (Å²) in [5, 5.41) is 23.6. The van der Waals surface area contributed by atoms with Gasteiger partial charge >= 0.3 is 5.97 Å². The first-order chi connectivity index (χ1) is 29.0. The number of amides is 1. The summed E-state index contributed by atoms with van der Waals surface area (Å²) in [6.45, 7) is 6.26. The predicted octanol–water partition coefficient (Wildman–Crippen LogP) is 14.4. The number of hydrogen-bond acceptors (Lipinski definition) is 5. The van der Waals surface area contributed by atoms with E-state index in [9.17, 15) is 19.8 Å². The van der Waals surface area contributed by atoms with Crippen molar-refractivity contribution in [2.45, 2.75) is 232 Å². The number of nitrogens with one attached hydrogen (secondary N) is 1. The molecule has 0 saturated carbocycles. The SMILES string of the molecule is CC/C=C\C/C=C\C/C=C\C/C=C\C/C=C\C/C=C\CCC(=O)OC(CCCCC/C=C\CCC)CC(=O)NC(CO)C(O)CCCCCCCCCCCCCCC. The standard InChI is InChI=1S/C53H91NO5/c1-4-7-10-13-16-19-21-23-24-25-26-27-28-30-32-34-37-40-43-46-53(58)59-49(44-41-38-35-18-15-12-9-6-3)47-52(57)54-50(48-55)51(56)45-42-39-36-33-31-29-22-20-17-14-11-8-5-2/h7,10,12,15-16,19,23-24,26-27,30,32,37,40,49-51,55-56H,4-6,8-9,11,13-14,17-18,20-22,25,28-29,31,33-36,38-39,41-48H2,1-3H3,(H,54,57)/b10-7-,15-12-,19-16-,24-23-,27-26-,32-30-,40-37-. The summed E-state index contributed by atoms with van der Waals surface area (Å²) in [6.07, 6.45) is 59.5. The summed E-state index contributed by atoms with van der Waals surface area (Å²) < 4.78 is 5.84. The largest absolute Gasteiger partial charge is 0.462 e. The van der Waals surface area contributed by atoms with Crippen LogP contribution in [0.1, 0.15) is 213 Å². The Bertz CT molecular complexity index is 1150. The van der Waals surface area contributed by atoms with E-state index < -0.39 is 18.2 Å². The molecule has 6 nitrogen and oxygen atoms in total. The lowest BCUT2D eigenvalue weighted by Crippen LogP contribution is -2.46. The van der Waals surface area contributed by atoms with Gasteiger partial charge in [-0.1, -0.05) is 202 Å². The fourth-order valence-electron chi connectivity index (χ4n) is 6.81. The van der Waals surface area contributed by atoms with E-state index in [2.05, 4.69) is 105 Å². The van der Waals surface area contributed by atoms with Gasteiger partial charge in [-0.2, -0.15) is 0 Å². The number of hydrogen-bond donors (Lipinski definition) is 3. The zero-order valence-corrected chi connectivity index (χ0v) is 38.4. The molecule has 338 valence electrons. The van der Waals surface area contributed by atoms with Crippen LogP contribution in [0.15, 0.2) is 85.1 Å². The van der Waals surface area contributed by atoms with E-state index in [1.807, 2.05) is 6.08 Å². The molecule has 0 aliphatic rings. The Hall–Kier alpha value is -2.96. The first-order valence-corrected chi connectivity index (χ1v) is 24.3. The van der Waals surface area contributed by atoms with E-state index in [0.29, 0.717) is 19.3 Å². The minimum atomic E-state index is -0.806. The molecule has 3 unspecified atom stereocenters. The number of rotatable bonds is 42. The van der Waals surface area contributed by atoms with Gasteiger partial charge in [0.15, 0.2) is 0 Å². The molecule has 0 aromatic carbocycles. The Labute approximate surface area is 363 Å². The zero-order valence-electron chi connectivity index (χ0n) is 38.4. The second kappa shape index (κ2) is 46.1. The molecule has 59 heavy (non-hydrogen) atoms. The Morgan fingerprint density at radius 3 is 1.46 bits per heavy atom. The molecule has 0 aliphatic heterocycles. The molecule has 0 fully saturated rings. The maximum atomic E-state index is 13.1. The molecule has 0 aromatic rings. The topological polar surface area (TPSA) is 95.9 Å². The summed E-state index contributed by atoms with van der Waals surface area (Å²) in [5.41, 5.74) is 0. The molecule has 6 heteroatoms. The lowest BCUT2D eigenvalue weighted by atomic mass is 10.0. The second-order valence-electron chi connectivity index (χ2n) is 16.1. The quantitative estimate of drug-likeness (QED) is 0.0324. The molecule has 3 atom stereocenters. The van der Waals surface area contributed by atoms with Gasteiger partial charge < -0.3 is 20.3 Å². The van der Waals surface area contributed by atoms with Crippen molar-refractivity contribution in [2.75, 3.05) is 6.61 Å². The molecule has 0 rings (SSSR count). The molecule has 0 radical (unpaired) electrons. The van der Waals surface area contributed by atoms with Crippen molar-refractivity contribution in [3.8, 4) is 0 Å². The summed E-state index contributed by atoms with van der Waals surface area (Å²) in [5.74, 6) is -0.600. The maximum Gasteiger partial charge on any atom is 0.306 e. The first-order valence-electron chi connectivity index (χ1n) is 24.3. The van der Waals surface area contributed by atoms with Crippen molar-refractivity contribution in [3.63, 3.8) is 0 Å². The molecular weight excluding hydrogens is 731 g/mol. The van der Waals surface area contributed by atoms with Crippen LogP contribution in [0, 0.1) is 0 Å². The van der Waals surface area contributed by atoms with Gasteiger partial charge in [0.1, 0.15) is 6.10 Å². The van der Waals surface area contributed by atoms with Crippen LogP contribution >= 0.6 is 0 Å². The fraction of sp³-hybridized carbons (Fsp3) is 0.698. The maximum absolute atomic E-state index is 13.1. The fourth-order valence-corrected chi connectivity index (χ4v) is 6.81. The smallest absolute Gasteiger partial charge is 0.306 e. The number of carbonyl (C=O) groups is 2. The van der Waals surface area contributed by atoms with Gasteiger partial charge in [0, 0.05) is 6.42 Å². The van der Waals surface area contributed by atoms with E-state index in [1.165, 1.54) is 64.2 Å². The molecule has 0 spiro atoms. The number of allylic oxidation sites excluding steroid dienone is 14. The van der Waals surface area contributed by atoms with Crippen LogP contribution in [0.4, 0.5) is 0 Å². The van der Waals surface area contributed by atoms with Crippen LogP contribution < -0.4 is 5.32 Å². The molecular formula is C53H91NO5. The Kier molecular flexibility index (Phi) is 43.8. The number of esters is 1. The number of carbonyl (C=O) groups excluding carboxylic acids is 2. The van der Waals surface area contributed by atoms with Crippen LogP contribution in [0.5, 0.6) is 0 Å². The number of aliphatic hydroxyl groups is 2. The average molecular weight is 822 g/mol. The number of aliphatic hydroxyl groups excluding tert-OH is 2. The highest BCUT2D eigenvalue weighted by molar-refractivity contribution is 5.77. The highest BCUT2D eigenvalue weighted by Gasteiger charge is 2.24. The molecule has 0 heterocycles. The lowest BCUT2D eigenvalue weighted by Gasteiger charge is -2.24. The highest BCUT2D eigenvalue weighted by atomic mass is 16.5. The van der Waals surface area contributed by atoms with Crippen LogP contribution in [-0.4, -0.2) is 46.9 Å². The summed E-state index contributed by atoms with van der Waals surface area (Å²) in [4.78, 5) is 25.9. The third-order valence-corrected chi connectivity index (χ3v) is 10.5. The Morgan fingerprint density at radius 2 is 0.949 bits per heavy atom. The minimum absolute atomic E-state index is 0.0318. The van der Waals surface area contributed by atoms with E-state index in [4.69, 9.17) is 4.74 Å². The number of unbranched alkanes of at least 4 members (excludes halogenated alkanes) is 16. The monoisotopic (exact) mass is 822 g/mol. The van der Waals surface area contributed by atoms with Crippen LogP contribution in [0.25, 0.3) is 0 Å². The van der Waals surface area contributed by atoms with Crippen molar-refractivity contribution in [1.29, 1.82) is 0 Å². The van der Waals surface area contributed by atoms with Crippen molar-refractivity contribution in [3.05, 3.63) is 85.1 Å². The van der Waals surface area contributed by atoms with Gasteiger partial charge in [0.25, 0.3) is 0 Å².